The smallest absolute Gasteiger partial charge is 0.327 e. The normalized spacial score (nSPS) is 21.3. The third-order valence-corrected chi connectivity index (χ3v) is 8.98. The van der Waals surface area contributed by atoms with Crippen molar-refractivity contribution in [1.29, 1.82) is 0 Å². The highest BCUT2D eigenvalue weighted by Gasteiger charge is 2.61. The number of hydrogen-bond donors (Lipinski definition) is 3. The van der Waals surface area contributed by atoms with Crippen molar-refractivity contribution >= 4 is 23.7 Å². The Bertz CT molecular complexity index is 1290. The van der Waals surface area contributed by atoms with Crippen molar-refractivity contribution in [3.05, 3.63) is 59.7 Å². The number of nitrogens with one attached hydrogen (secondary N) is 2. The lowest BCUT2D eigenvalue weighted by molar-refractivity contribution is -0.177. The van der Waals surface area contributed by atoms with Crippen LogP contribution in [0, 0.1) is 16.7 Å². The largest absolute Gasteiger partial charge is 0.480 e. The van der Waals surface area contributed by atoms with Gasteiger partial charge in [0, 0.05) is 24.4 Å². The number of rotatable bonds is 7. The zero-order valence-corrected chi connectivity index (χ0v) is 23.9. The summed E-state index contributed by atoms with van der Waals surface area (Å²) < 4.78 is 0. The monoisotopic (exact) mass is 561 g/mol. The molecule has 10 nitrogen and oxygen atoms in total. The van der Waals surface area contributed by atoms with Crippen LogP contribution in [-0.4, -0.2) is 68.3 Å². The van der Waals surface area contributed by atoms with Gasteiger partial charge < -0.3 is 20.6 Å². The van der Waals surface area contributed by atoms with Gasteiger partial charge in [-0.3, -0.25) is 19.4 Å². The standard InChI is InChI=1S/C31H39N5O5/c1-30(2,3)24(28(39)36-18-31(25(36)29(40)41)15-20-11-7-8-12-21(20)16-31)35-27(38)23(19-9-5-4-6-10-19)34-26(37)22-17-32-13-14-33-22/h7-8,11-14,17,19,23-25H,4-6,9-10,15-16,18H2,1-3H3,(H,34,37)(H,35,38)(H,40,41)/t23-,24+,25?/m0/s1. The quantitative estimate of drug-likeness (QED) is 0.472. The number of benzene rings is 1. The molecular formula is C31H39N5O5. The summed E-state index contributed by atoms with van der Waals surface area (Å²) in [5.41, 5.74) is 1.11. The molecule has 2 heterocycles. The van der Waals surface area contributed by atoms with Crippen molar-refractivity contribution < 1.29 is 24.3 Å². The predicted octanol–water partition coefficient (Wildman–Crippen LogP) is 2.77. The van der Waals surface area contributed by atoms with Crippen molar-refractivity contribution in [2.75, 3.05) is 6.54 Å². The first kappa shape index (κ1) is 28.7. The van der Waals surface area contributed by atoms with Gasteiger partial charge >= 0.3 is 5.97 Å². The van der Waals surface area contributed by atoms with E-state index >= 15 is 0 Å². The predicted molar refractivity (Wildman–Crippen MR) is 151 cm³/mol. The number of carbonyl (C=O) groups is 4. The summed E-state index contributed by atoms with van der Waals surface area (Å²) in [5.74, 6) is -2.48. The van der Waals surface area contributed by atoms with E-state index in [4.69, 9.17) is 0 Å². The van der Waals surface area contributed by atoms with E-state index in [0.29, 0.717) is 19.4 Å². The number of aromatic nitrogens is 2. The molecule has 1 aromatic carbocycles. The molecule has 1 unspecified atom stereocenters. The van der Waals surface area contributed by atoms with E-state index in [-0.39, 0.29) is 11.6 Å². The molecular weight excluding hydrogens is 522 g/mol. The molecule has 2 aliphatic carbocycles. The fraction of sp³-hybridized carbons (Fsp3) is 0.548. The Balaban J connectivity index is 1.35. The summed E-state index contributed by atoms with van der Waals surface area (Å²) >= 11 is 0. The first-order valence-electron chi connectivity index (χ1n) is 14.5. The lowest BCUT2D eigenvalue weighted by atomic mass is 9.68. The van der Waals surface area contributed by atoms with Gasteiger partial charge in [-0.05, 0) is 48.1 Å². The lowest BCUT2D eigenvalue weighted by Crippen LogP contribution is -2.73. The molecule has 41 heavy (non-hydrogen) atoms. The molecule has 0 bridgehead atoms. The third-order valence-electron chi connectivity index (χ3n) is 8.98. The summed E-state index contributed by atoms with van der Waals surface area (Å²) in [6, 6.07) is 5.13. The Kier molecular flexibility index (Phi) is 7.85. The van der Waals surface area contributed by atoms with Crippen LogP contribution in [0.3, 0.4) is 0 Å². The van der Waals surface area contributed by atoms with E-state index in [2.05, 4.69) is 20.6 Å². The van der Waals surface area contributed by atoms with Crippen LogP contribution in [0.2, 0.25) is 0 Å². The van der Waals surface area contributed by atoms with Crippen LogP contribution >= 0.6 is 0 Å². The zero-order chi connectivity index (χ0) is 29.4. The maximum Gasteiger partial charge on any atom is 0.327 e. The lowest BCUT2D eigenvalue weighted by Gasteiger charge is -2.55. The van der Waals surface area contributed by atoms with E-state index < -0.39 is 52.6 Å². The number of hydrogen-bond acceptors (Lipinski definition) is 6. The second-order valence-electron chi connectivity index (χ2n) is 12.9. The Labute approximate surface area is 240 Å². The molecule has 2 fully saturated rings. The van der Waals surface area contributed by atoms with Crippen LogP contribution in [0.1, 0.15) is 74.5 Å². The van der Waals surface area contributed by atoms with Gasteiger partial charge in [-0.15, -0.1) is 0 Å². The minimum Gasteiger partial charge on any atom is -0.480 e. The molecule has 3 N–H and O–H groups in total. The molecule has 3 atom stereocenters. The number of amides is 3. The van der Waals surface area contributed by atoms with Gasteiger partial charge in [0.05, 0.1) is 6.20 Å². The van der Waals surface area contributed by atoms with Gasteiger partial charge in [-0.25, -0.2) is 9.78 Å². The number of carboxylic acid groups (broad SMARTS) is 1. The van der Waals surface area contributed by atoms with Gasteiger partial charge in [0.2, 0.25) is 11.8 Å². The first-order chi connectivity index (χ1) is 19.5. The van der Waals surface area contributed by atoms with Crippen LogP contribution in [0.25, 0.3) is 0 Å². The van der Waals surface area contributed by atoms with E-state index in [1.807, 2.05) is 45.0 Å². The average Bonchev–Trinajstić information content (AvgIpc) is 3.34. The van der Waals surface area contributed by atoms with Gasteiger partial charge in [0.15, 0.2) is 0 Å². The molecule has 1 saturated heterocycles. The highest BCUT2D eigenvalue weighted by Crippen LogP contribution is 2.49. The summed E-state index contributed by atoms with van der Waals surface area (Å²) in [6.07, 6.45) is 9.99. The molecule has 1 saturated carbocycles. The van der Waals surface area contributed by atoms with Crippen LogP contribution in [0.4, 0.5) is 0 Å². The van der Waals surface area contributed by atoms with Gasteiger partial charge in [0.1, 0.15) is 23.8 Å². The minimum absolute atomic E-state index is 0.0869. The van der Waals surface area contributed by atoms with Crippen molar-refractivity contribution in [2.24, 2.45) is 16.7 Å². The fourth-order valence-electron chi connectivity index (χ4n) is 6.91. The van der Waals surface area contributed by atoms with Crippen LogP contribution < -0.4 is 10.6 Å². The Morgan fingerprint density at radius 2 is 1.66 bits per heavy atom. The SMILES string of the molecule is CC(C)(C)[C@H](NC(=O)[C@@H](NC(=O)c1cnccn1)C1CCCCC1)C(=O)N1CC2(Cc3ccccc3C2)C1C(=O)O. The number of fused-ring (bicyclic) bond motifs is 1. The van der Waals surface area contributed by atoms with Crippen LogP contribution in [0.15, 0.2) is 42.9 Å². The molecule has 1 spiro atoms. The molecule has 5 rings (SSSR count). The maximum absolute atomic E-state index is 14.0. The Hall–Kier alpha value is -3.82. The summed E-state index contributed by atoms with van der Waals surface area (Å²) in [7, 11) is 0. The highest BCUT2D eigenvalue weighted by molar-refractivity contribution is 5.98. The average molecular weight is 562 g/mol. The van der Waals surface area contributed by atoms with Gasteiger partial charge in [0.25, 0.3) is 5.91 Å². The van der Waals surface area contributed by atoms with E-state index in [9.17, 15) is 24.3 Å². The molecule has 10 heteroatoms. The second-order valence-corrected chi connectivity index (χ2v) is 12.9. The summed E-state index contributed by atoms with van der Waals surface area (Å²) in [4.78, 5) is 62.8. The van der Waals surface area contributed by atoms with E-state index in [1.54, 1.807) is 0 Å². The third kappa shape index (κ3) is 5.69. The highest BCUT2D eigenvalue weighted by atomic mass is 16.4. The van der Waals surface area contributed by atoms with E-state index in [0.717, 1.165) is 43.2 Å². The number of likely N-dealkylation sites (tertiary alicyclic amines) is 1. The summed E-state index contributed by atoms with van der Waals surface area (Å²) in [5, 5.41) is 16.1. The van der Waals surface area contributed by atoms with E-state index in [1.165, 1.54) is 23.5 Å². The van der Waals surface area contributed by atoms with Crippen molar-refractivity contribution in [3.8, 4) is 0 Å². The number of carboxylic acids is 1. The maximum atomic E-state index is 14.0. The molecule has 1 aliphatic heterocycles. The Morgan fingerprint density at radius 1 is 1.00 bits per heavy atom. The van der Waals surface area contributed by atoms with Crippen LogP contribution in [-0.2, 0) is 27.2 Å². The molecule has 0 radical (unpaired) electrons. The fourth-order valence-corrected chi connectivity index (χ4v) is 6.91. The topological polar surface area (TPSA) is 142 Å². The number of nitrogens with zero attached hydrogens (tertiary/aromatic N) is 3. The van der Waals surface area contributed by atoms with Gasteiger partial charge in [-0.1, -0.05) is 64.3 Å². The van der Waals surface area contributed by atoms with Gasteiger partial charge in [-0.2, -0.15) is 0 Å². The number of aliphatic carboxylic acids is 1. The first-order valence-corrected chi connectivity index (χ1v) is 14.5. The number of carbonyl (C=O) groups excluding carboxylic acids is 3. The molecule has 2 aromatic rings. The molecule has 3 aliphatic rings. The molecule has 218 valence electrons. The Morgan fingerprint density at radius 3 is 2.22 bits per heavy atom. The zero-order valence-electron chi connectivity index (χ0n) is 23.9. The van der Waals surface area contributed by atoms with Crippen LogP contribution in [0.5, 0.6) is 0 Å². The van der Waals surface area contributed by atoms with Crippen molar-refractivity contribution in [1.82, 2.24) is 25.5 Å². The minimum atomic E-state index is -1.03. The molecule has 1 aromatic heterocycles. The van der Waals surface area contributed by atoms with Crippen molar-refractivity contribution in [2.45, 2.75) is 83.8 Å². The second kappa shape index (κ2) is 11.2. The molecule has 3 amide bonds. The van der Waals surface area contributed by atoms with Crippen molar-refractivity contribution in [3.63, 3.8) is 0 Å². The summed E-state index contributed by atoms with van der Waals surface area (Å²) in [6.45, 7) is 5.86.